The Morgan fingerprint density at radius 3 is 1.35 bits per heavy atom. The SMILES string of the molecule is O=C(Nc1ccc(NC(=O)N2CCC(c3ccccc3)C2)cc1)N1CCC(c2ccccc2)C1. The predicted octanol–water partition coefficient (Wildman–Crippen LogP) is 5.73. The van der Waals surface area contributed by atoms with Crippen LogP contribution in [0, 0.1) is 0 Å². The van der Waals surface area contributed by atoms with Crippen molar-refractivity contribution in [3.63, 3.8) is 0 Å². The Morgan fingerprint density at radius 2 is 0.971 bits per heavy atom. The molecular weight excluding hydrogens is 424 g/mol. The third-order valence-corrected chi connectivity index (χ3v) is 6.88. The van der Waals surface area contributed by atoms with Gasteiger partial charge in [0, 0.05) is 49.4 Å². The molecule has 2 heterocycles. The molecule has 0 radical (unpaired) electrons. The fourth-order valence-corrected chi connectivity index (χ4v) is 4.93. The highest BCUT2D eigenvalue weighted by Crippen LogP contribution is 2.29. The molecule has 0 spiro atoms. The molecule has 0 aromatic heterocycles. The van der Waals surface area contributed by atoms with Gasteiger partial charge in [0.2, 0.25) is 0 Å². The third-order valence-electron chi connectivity index (χ3n) is 6.88. The summed E-state index contributed by atoms with van der Waals surface area (Å²) in [5, 5.41) is 5.96. The van der Waals surface area contributed by atoms with Crippen LogP contribution < -0.4 is 10.6 Å². The van der Waals surface area contributed by atoms with Crippen LogP contribution in [0.1, 0.15) is 35.8 Å². The van der Waals surface area contributed by atoms with E-state index < -0.39 is 0 Å². The fraction of sp³-hybridized carbons (Fsp3) is 0.286. The minimum atomic E-state index is -0.0840. The average molecular weight is 455 g/mol. The van der Waals surface area contributed by atoms with Crippen molar-refractivity contribution in [2.24, 2.45) is 0 Å². The first-order valence-corrected chi connectivity index (χ1v) is 12.0. The van der Waals surface area contributed by atoms with Crippen molar-refractivity contribution in [2.75, 3.05) is 36.8 Å². The Hall–Kier alpha value is -3.80. The third kappa shape index (κ3) is 5.06. The maximum absolute atomic E-state index is 12.7. The predicted molar refractivity (Wildman–Crippen MR) is 135 cm³/mol. The minimum Gasteiger partial charge on any atom is -0.324 e. The molecule has 2 aliphatic rings. The Morgan fingerprint density at radius 1 is 0.588 bits per heavy atom. The van der Waals surface area contributed by atoms with Crippen molar-refractivity contribution in [2.45, 2.75) is 24.7 Å². The van der Waals surface area contributed by atoms with Crippen molar-refractivity contribution in [3.05, 3.63) is 96.1 Å². The number of likely N-dealkylation sites (tertiary alicyclic amines) is 2. The minimum absolute atomic E-state index is 0.0840. The molecule has 6 heteroatoms. The molecule has 6 nitrogen and oxygen atoms in total. The first-order valence-electron chi connectivity index (χ1n) is 12.0. The number of hydrogen-bond donors (Lipinski definition) is 2. The van der Waals surface area contributed by atoms with Gasteiger partial charge < -0.3 is 20.4 Å². The van der Waals surface area contributed by atoms with Crippen LogP contribution in [-0.2, 0) is 0 Å². The second kappa shape index (κ2) is 10.00. The summed E-state index contributed by atoms with van der Waals surface area (Å²) in [6.07, 6.45) is 1.95. The zero-order valence-corrected chi connectivity index (χ0v) is 19.2. The van der Waals surface area contributed by atoms with E-state index in [0.717, 1.165) is 50.4 Å². The van der Waals surface area contributed by atoms with Gasteiger partial charge >= 0.3 is 12.1 Å². The van der Waals surface area contributed by atoms with E-state index in [-0.39, 0.29) is 12.1 Å². The van der Waals surface area contributed by atoms with Crippen LogP contribution in [0.3, 0.4) is 0 Å². The van der Waals surface area contributed by atoms with Crippen LogP contribution in [0.4, 0.5) is 21.0 Å². The van der Waals surface area contributed by atoms with Gasteiger partial charge in [0.25, 0.3) is 0 Å². The number of amides is 4. The smallest absolute Gasteiger partial charge is 0.321 e. The standard InChI is InChI=1S/C28H30N4O2/c33-27(31-17-15-23(19-31)21-7-3-1-4-8-21)29-25-11-13-26(14-12-25)30-28(34)32-18-16-24(20-32)22-9-5-2-6-10-22/h1-14,23-24H,15-20H2,(H,29,33)(H,30,34). The molecular formula is C28H30N4O2. The Bertz CT molecular complexity index is 1030. The molecule has 174 valence electrons. The van der Waals surface area contributed by atoms with E-state index in [1.165, 1.54) is 11.1 Å². The highest BCUT2D eigenvalue weighted by Gasteiger charge is 2.28. The number of urea groups is 2. The van der Waals surface area contributed by atoms with Gasteiger partial charge in [-0.1, -0.05) is 60.7 Å². The first kappa shape index (κ1) is 22.0. The summed E-state index contributed by atoms with van der Waals surface area (Å²) < 4.78 is 0. The summed E-state index contributed by atoms with van der Waals surface area (Å²) in [6, 6.07) is 27.9. The van der Waals surface area contributed by atoms with Gasteiger partial charge in [0.15, 0.2) is 0 Å². The molecule has 2 saturated heterocycles. The summed E-state index contributed by atoms with van der Waals surface area (Å²) in [5.74, 6) is 0.772. The van der Waals surface area contributed by atoms with Crippen molar-refractivity contribution in [1.29, 1.82) is 0 Å². The van der Waals surface area contributed by atoms with Crippen molar-refractivity contribution in [1.82, 2.24) is 9.80 Å². The maximum Gasteiger partial charge on any atom is 0.321 e. The summed E-state index contributed by atoms with van der Waals surface area (Å²) in [5.41, 5.74) is 4.00. The van der Waals surface area contributed by atoms with Crippen molar-refractivity contribution in [3.8, 4) is 0 Å². The number of nitrogens with one attached hydrogen (secondary N) is 2. The topological polar surface area (TPSA) is 64.7 Å². The lowest BCUT2D eigenvalue weighted by molar-refractivity contribution is 0.221. The molecule has 2 N–H and O–H groups in total. The average Bonchev–Trinajstić information content (AvgIpc) is 3.57. The van der Waals surface area contributed by atoms with Crippen molar-refractivity contribution < 1.29 is 9.59 Å². The van der Waals surface area contributed by atoms with E-state index in [2.05, 4.69) is 34.9 Å². The quantitative estimate of drug-likeness (QED) is 0.529. The number of nitrogens with zero attached hydrogens (tertiary/aromatic N) is 2. The van der Waals surface area contributed by atoms with E-state index in [1.54, 1.807) is 0 Å². The van der Waals surface area contributed by atoms with E-state index in [0.29, 0.717) is 11.8 Å². The molecule has 0 saturated carbocycles. The normalized spacial score (nSPS) is 19.8. The molecule has 34 heavy (non-hydrogen) atoms. The van der Waals surface area contributed by atoms with Gasteiger partial charge in [0.1, 0.15) is 0 Å². The number of benzene rings is 3. The van der Waals surface area contributed by atoms with Crippen LogP contribution in [0.15, 0.2) is 84.9 Å². The summed E-state index contributed by atoms with van der Waals surface area (Å²) in [4.78, 5) is 29.2. The largest absolute Gasteiger partial charge is 0.324 e. The lowest BCUT2D eigenvalue weighted by Crippen LogP contribution is -2.33. The Kier molecular flexibility index (Phi) is 6.47. The van der Waals surface area contributed by atoms with Crippen LogP contribution in [-0.4, -0.2) is 48.0 Å². The molecule has 5 rings (SSSR count). The van der Waals surface area contributed by atoms with Crippen LogP contribution >= 0.6 is 0 Å². The van der Waals surface area contributed by atoms with E-state index in [1.807, 2.05) is 70.5 Å². The zero-order chi connectivity index (χ0) is 23.3. The maximum atomic E-state index is 12.7. The van der Waals surface area contributed by atoms with Crippen LogP contribution in [0.5, 0.6) is 0 Å². The molecule has 2 aliphatic heterocycles. The summed E-state index contributed by atoms with van der Waals surface area (Å²) >= 11 is 0. The molecule has 3 aromatic carbocycles. The Balaban J connectivity index is 1.11. The van der Waals surface area contributed by atoms with E-state index >= 15 is 0 Å². The lowest BCUT2D eigenvalue weighted by Gasteiger charge is -2.19. The number of anilines is 2. The molecule has 3 aromatic rings. The van der Waals surface area contributed by atoms with E-state index in [9.17, 15) is 9.59 Å². The number of carbonyl (C=O) groups excluding carboxylic acids is 2. The van der Waals surface area contributed by atoms with Gasteiger partial charge in [-0.25, -0.2) is 9.59 Å². The number of rotatable bonds is 4. The molecule has 0 bridgehead atoms. The van der Waals surface area contributed by atoms with Gasteiger partial charge in [0.05, 0.1) is 0 Å². The van der Waals surface area contributed by atoms with Gasteiger partial charge in [-0.2, -0.15) is 0 Å². The fourth-order valence-electron chi connectivity index (χ4n) is 4.93. The summed E-state index contributed by atoms with van der Waals surface area (Å²) in [7, 11) is 0. The lowest BCUT2D eigenvalue weighted by atomic mass is 9.99. The first-order chi connectivity index (χ1) is 16.7. The molecule has 2 unspecified atom stereocenters. The second-order valence-electron chi connectivity index (χ2n) is 9.12. The van der Waals surface area contributed by atoms with E-state index in [4.69, 9.17) is 0 Å². The van der Waals surface area contributed by atoms with Crippen molar-refractivity contribution >= 4 is 23.4 Å². The zero-order valence-electron chi connectivity index (χ0n) is 19.2. The number of carbonyl (C=O) groups is 2. The van der Waals surface area contributed by atoms with Gasteiger partial charge in [-0.3, -0.25) is 0 Å². The second-order valence-corrected chi connectivity index (χ2v) is 9.12. The van der Waals surface area contributed by atoms with Gasteiger partial charge in [-0.15, -0.1) is 0 Å². The molecule has 2 atom stereocenters. The van der Waals surface area contributed by atoms with Crippen LogP contribution in [0.25, 0.3) is 0 Å². The highest BCUT2D eigenvalue weighted by molar-refractivity contribution is 5.92. The van der Waals surface area contributed by atoms with Crippen LogP contribution in [0.2, 0.25) is 0 Å². The molecule has 4 amide bonds. The molecule has 2 fully saturated rings. The highest BCUT2D eigenvalue weighted by atomic mass is 16.2. The Labute approximate surface area is 200 Å². The molecule has 0 aliphatic carbocycles. The van der Waals surface area contributed by atoms with Gasteiger partial charge in [-0.05, 0) is 48.2 Å². The number of hydrogen-bond acceptors (Lipinski definition) is 2. The monoisotopic (exact) mass is 454 g/mol. The summed E-state index contributed by atoms with van der Waals surface area (Å²) in [6.45, 7) is 2.95.